The summed E-state index contributed by atoms with van der Waals surface area (Å²) in [6, 6.07) is 10.7. The fourth-order valence-electron chi connectivity index (χ4n) is 1.77. The molecule has 0 saturated heterocycles. The lowest BCUT2D eigenvalue weighted by Crippen LogP contribution is -2.02. The first-order valence-corrected chi connectivity index (χ1v) is 8.62. The second-order valence-corrected chi connectivity index (χ2v) is 6.91. The van der Waals surface area contributed by atoms with Crippen LogP contribution in [-0.2, 0) is 4.57 Å². The third-order valence-corrected chi connectivity index (χ3v) is 4.57. The molecule has 3 N–H and O–H groups in total. The molecule has 2 heterocycles. The van der Waals surface area contributed by atoms with Crippen molar-refractivity contribution in [2.45, 2.75) is 5.85 Å². The molecule has 1 unspecified atom stereocenters. The molecular formula is C13H11BrNO7P. The zero-order valence-corrected chi connectivity index (χ0v) is 13.8. The van der Waals surface area contributed by atoms with Crippen molar-refractivity contribution in [3.05, 3.63) is 62.6 Å². The molecule has 8 nitrogen and oxygen atoms in total. The van der Waals surface area contributed by atoms with Crippen LogP contribution in [0.25, 0.3) is 0 Å². The number of para-hydroxylation sites is 1. The zero-order chi connectivity index (χ0) is 17.2. The molecule has 2 aromatic rings. The van der Waals surface area contributed by atoms with Crippen molar-refractivity contribution in [1.29, 1.82) is 0 Å². The maximum absolute atomic E-state index is 10.7. The largest absolute Gasteiger partial charge is 0.455 e. The van der Waals surface area contributed by atoms with Crippen LogP contribution >= 0.6 is 23.5 Å². The second kappa shape index (κ2) is 6.77. The lowest BCUT2D eigenvalue weighted by molar-refractivity contribution is -0.386. The van der Waals surface area contributed by atoms with Gasteiger partial charge in [-0.15, -0.1) is 0 Å². The summed E-state index contributed by atoms with van der Waals surface area (Å²) >= 11 is 3.34. The van der Waals surface area contributed by atoms with Gasteiger partial charge in [0.15, 0.2) is 5.85 Å². The number of hydrogen-bond acceptors (Lipinski definition) is 5. The Morgan fingerprint density at radius 1 is 1.13 bits per heavy atom. The summed E-state index contributed by atoms with van der Waals surface area (Å²) < 4.78 is 16.9. The number of nitro groups is 1. The number of halogens is 1. The van der Waals surface area contributed by atoms with Crippen LogP contribution in [0.3, 0.4) is 0 Å². The van der Waals surface area contributed by atoms with Crippen molar-refractivity contribution in [2.24, 2.45) is 0 Å². The Hall–Kier alpha value is -1.77. The Morgan fingerprint density at radius 2 is 1.70 bits per heavy atom. The van der Waals surface area contributed by atoms with Gasteiger partial charge in [0.1, 0.15) is 16.0 Å². The van der Waals surface area contributed by atoms with Gasteiger partial charge in [0.2, 0.25) is 0 Å². The van der Waals surface area contributed by atoms with E-state index in [2.05, 4.69) is 15.9 Å². The van der Waals surface area contributed by atoms with Crippen molar-refractivity contribution >= 4 is 29.2 Å². The Kier molecular flexibility index (Phi) is 5.18. The number of benzene rings is 2. The third kappa shape index (κ3) is 3.95. The molecule has 2 aliphatic rings. The average molecular weight is 404 g/mol. The van der Waals surface area contributed by atoms with Gasteiger partial charge in [-0.2, -0.15) is 0 Å². The first-order valence-electron chi connectivity index (χ1n) is 6.15. The number of hydrogen-bond donors (Lipinski definition) is 3. The molecule has 1 atom stereocenters. The van der Waals surface area contributed by atoms with E-state index in [1.807, 2.05) is 18.2 Å². The summed E-state index contributed by atoms with van der Waals surface area (Å²) in [5.74, 6) is -0.274. The summed E-state index contributed by atoms with van der Waals surface area (Å²) in [7, 11) is -4.79. The molecule has 0 aliphatic carbocycles. The van der Waals surface area contributed by atoms with Gasteiger partial charge in [-0.05, 0) is 34.1 Å². The van der Waals surface area contributed by atoms with Crippen LogP contribution < -0.4 is 4.74 Å². The van der Waals surface area contributed by atoms with Gasteiger partial charge in [-0.1, -0.05) is 18.2 Å². The maximum atomic E-state index is 10.7. The summed E-state index contributed by atoms with van der Waals surface area (Å²) in [6.45, 7) is 0. The van der Waals surface area contributed by atoms with E-state index in [0.29, 0.717) is 0 Å². The fraction of sp³-hybridized carbons (Fsp3) is 0.0769. The molecule has 0 aromatic heterocycles. The van der Waals surface area contributed by atoms with E-state index in [1.165, 1.54) is 12.1 Å². The molecule has 122 valence electrons. The van der Waals surface area contributed by atoms with Crippen LogP contribution in [0.1, 0.15) is 11.4 Å². The molecule has 23 heavy (non-hydrogen) atoms. The highest BCUT2D eigenvalue weighted by Crippen LogP contribution is 2.51. The highest BCUT2D eigenvalue weighted by Gasteiger charge is 2.33. The van der Waals surface area contributed by atoms with Gasteiger partial charge < -0.3 is 19.6 Å². The van der Waals surface area contributed by atoms with Crippen molar-refractivity contribution in [3.8, 4) is 11.5 Å². The minimum absolute atomic E-state index is 0.393. The number of rotatable bonds is 3. The first-order chi connectivity index (χ1) is 10.7. The molecule has 0 saturated carbocycles. The fourth-order valence-corrected chi connectivity index (χ4v) is 2.78. The van der Waals surface area contributed by atoms with E-state index in [4.69, 9.17) is 14.5 Å². The SMILES string of the molecule is Brc1c2cccc1O2.O=[N+]([O-])c1ccccc1C(O)P(=O)(O)O. The van der Waals surface area contributed by atoms with Crippen molar-refractivity contribution in [1.82, 2.24) is 0 Å². The highest BCUT2D eigenvalue weighted by atomic mass is 79.9. The molecule has 0 amide bonds. The number of ether oxygens (including phenoxy) is 1. The van der Waals surface area contributed by atoms with Crippen LogP contribution in [0.4, 0.5) is 5.69 Å². The Bertz CT molecular complexity index is 771. The standard InChI is InChI=1S/C7H8NO6P.C6H3BrO/c9-7(15(12,13)14)5-3-1-2-4-6(5)8(10)11;7-6-4-2-1-3-5(6)8-4/h1-4,7,9H,(H2,12,13,14);1-3H. The molecule has 0 spiro atoms. The van der Waals surface area contributed by atoms with Gasteiger partial charge in [-0.3, -0.25) is 14.7 Å². The quantitative estimate of drug-likeness (QED) is 0.347. The number of nitrogens with zero attached hydrogens (tertiary/aromatic N) is 1. The van der Waals surface area contributed by atoms with Crippen molar-refractivity contribution < 1.29 is 29.1 Å². The normalized spacial score (nSPS) is 13.0. The molecule has 10 heteroatoms. The Labute approximate surface area is 138 Å². The van der Waals surface area contributed by atoms with Crippen LogP contribution in [-0.4, -0.2) is 19.8 Å². The van der Waals surface area contributed by atoms with Crippen molar-refractivity contribution in [3.63, 3.8) is 0 Å². The summed E-state index contributed by atoms with van der Waals surface area (Å²) in [4.78, 5) is 27.1. The van der Waals surface area contributed by atoms with E-state index in [0.717, 1.165) is 28.1 Å². The van der Waals surface area contributed by atoms with E-state index < -0.39 is 29.6 Å². The van der Waals surface area contributed by atoms with Gasteiger partial charge in [0.05, 0.1) is 10.5 Å². The average Bonchev–Trinajstić information content (AvgIpc) is 2.54. The zero-order valence-electron chi connectivity index (χ0n) is 11.4. The minimum Gasteiger partial charge on any atom is -0.455 e. The minimum atomic E-state index is -4.79. The summed E-state index contributed by atoms with van der Waals surface area (Å²) in [5, 5.41) is 19.7. The third-order valence-electron chi connectivity index (χ3n) is 2.88. The lowest BCUT2D eigenvalue weighted by Gasteiger charge is -2.18. The van der Waals surface area contributed by atoms with Gasteiger partial charge in [0.25, 0.3) is 5.69 Å². The molecule has 4 rings (SSSR count). The predicted octanol–water partition coefficient (Wildman–Crippen LogP) is 3.32. The predicted molar refractivity (Wildman–Crippen MR) is 84.3 cm³/mol. The smallest absolute Gasteiger partial charge is 0.358 e. The number of fused-ring (bicyclic) bond motifs is 2. The van der Waals surface area contributed by atoms with E-state index in [-0.39, 0.29) is 0 Å². The van der Waals surface area contributed by atoms with Gasteiger partial charge >= 0.3 is 7.60 Å². The summed E-state index contributed by atoms with van der Waals surface area (Å²) in [6.07, 6.45) is 0. The molecule has 2 aromatic carbocycles. The van der Waals surface area contributed by atoms with Gasteiger partial charge in [0, 0.05) is 6.07 Å². The maximum Gasteiger partial charge on any atom is 0.358 e. The molecule has 2 bridgehead atoms. The molecule has 0 radical (unpaired) electrons. The number of aliphatic hydroxyl groups is 1. The molecule has 0 fully saturated rings. The van der Waals surface area contributed by atoms with Crippen LogP contribution in [0, 0.1) is 10.1 Å². The second-order valence-electron chi connectivity index (χ2n) is 4.45. The van der Waals surface area contributed by atoms with Crippen LogP contribution in [0.5, 0.6) is 11.5 Å². The number of aliphatic hydroxyl groups excluding tert-OH is 1. The van der Waals surface area contributed by atoms with Crippen molar-refractivity contribution in [2.75, 3.05) is 0 Å². The number of nitro benzene ring substituents is 1. The Morgan fingerprint density at radius 3 is 2.09 bits per heavy atom. The topological polar surface area (TPSA) is 130 Å². The van der Waals surface area contributed by atoms with Crippen LogP contribution in [0.2, 0.25) is 0 Å². The first kappa shape index (κ1) is 17.6. The van der Waals surface area contributed by atoms with Gasteiger partial charge in [-0.25, -0.2) is 0 Å². The monoisotopic (exact) mass is 403 g/mol. The van der Waals surface area contributed by atoms with Crippen LogP contribution in [0.15, 0.2) is 46.9 Å². The van der Waals surface area contributed by atoms with E-state index >= 15 is 0 Å². The Balaban J connectivity index is 0.000000198. The molecule has 2 aliphatic heterocycles. The van der Waals surface area contributed by atoms with E-state index in [9.17, 15) is 19.8 Å². The highest BCUT2D eigenvalue weighted by molar-refractivity contribution is 9.10. The molecular weight excluding hydrogens is 393 g/mol. The lowest BCUT2D eigenvalue weighted by atomic mass is 10.2. The van der Waals surface area contributed by atoms with E-state index in [1.54, 1.807) is 0 Å². The summed E-state index contributed by atoms with van der Waals surface area (Å²) in [5.41, 5.74) is -0.913.